The number of esters is 4. The second-order valence-corrected chi connectivity index (χ2v) is 9.04. The highest BCUT2D eigenvalue weighted by Gasteiger charge is 2.54. The largest absolute Gasteiger partial charge is 0.467 e. The topological polar surface area (TPSA) is 114 Å². The highest BCUT2D eigenvalue weighted by molar-refractivity contribution is 9.09. The summed E-state index contributed by atoms with van der Waals surface area (Å²) >= 11 is 3.28. The molecule has 9 nitrogen and oxygen atoms in total. The number of carbonyl (C=O) groups is 4. The van der Waals surface area contributed by atoms with Crippen LogP contribution < -0.4 is 0 Å². The number of ether oxygens (including phenoxy) is 5. The molecule has 0 bridgehead atoms. The lowest BCUT2D eigenvalue weighted by Crippen LogP contribution is -2.62. The first kappa shape index (κ1) is 27.0. The lowest BCUT2D eigenvalue weighted by atomic mass is 9.98. The van der Waals surface area contributed by atoms with Crippen LogP contribution in [-0.2, 0) is 28.5 Å². The lowest BCUT2D eigenvalue weighted by Gasteiger charge is -2.42. The van der Waals surface area contributed by atoms with E-state index in [9.17, 15) is 19.2 Å². The molecule has 3 aromatic carbocycles. The molecule has 0 unspecified atom stereocenters. The molecule has 0 spiro atoms. The molecule has 1 saturated heterocycles. The van der Waals surface area contributed by atoms with Crippen molar-refractivity contribution in [2.45, 2.75) is 29.4 Å². The molecule has 0 saturated carbocycles. The van der Waals surface area contributed by atoms with Crippen molar-refractivity contribution in [3.63, 3.8) is 0 Å². The van der Waals surface area contributed by atoms with Crippen molar-refractivity contribution in [3.8, 4) is 0 Å². The van der Waals surface area contributed by atoms with E-state index in [4.69, 9.17) is 23.7 Å². The van der Waals surface area contributed by atoms with Crippen molar-refractivity contribution in [3.05, 3.63) is 108 Å². The van der Waals surface area contributed by atoms with E-state index in [1.54, 1.807) is 66.7 Å². The molecule has 1 fully saturated rings. The monoisotopic (exact) mass is 582 g/mol. The number of methoxy groups -OCH3 is 1. The van der Waals surface area contributed by atoms with Crippen LogP contribution in [0.1, 0.15) is 31.1 Å². The summed E-state index contributed by atoms with van der Waals surface area (Å²) in [5.41, 5.74) is 0.609. The van der Waals surface area contributed by atoms with Crippen LogP contribution in [0.5, 0.6) is 0 Å². The van der Waals surface area contributed by atoms with Gasteiger partial charge in [-0.05, 0) is 36.4 Å². The second-order valence-electron chi connectivity index (χ2n) is 8.14. The number of benzene rings is 3. The summed E-state index contributed by atoms with van der Waals surface area (Å²) in [4.78, 5) is 51.7. The van der Waals surface area contributed by atoms with Gasteiger partial charge in [0.25, 0.3) is 0 Å². The number of carbonyl (C=O) groups excluding carboxylic acids is 4. The smallest absolute Gasteiger partial charge is 0.339 e. The molecule has 0 radical (unpaired) electrons. The summed E-state index contributed by atoms with van der Waals surface area (Å²) in [6.45, 7) is 0. The van der Waals surface area contributed by atoms with Gasteiger partial charge in [-0.1, -0.05) is 70.5 Å². The number of hydrogen-bond acceptors (Lipinski definition) is 9. The van der Waals surface area contributed by atoms with Crippen LogP contribution in [0, 0.1) is 0 Å². The van der Waals surface area contributed by atoms with Gasteiger partial charge in [-0.25, -0.2) is 19.2 Å². The van der Waals surface area contributed by atoms with Gasteiger partial charge in [0.2, 0.25) is 0 Å². The van der Waals surface area contributed by atoms with E-state index < -0.39 is 53.3 Å². The zero-order chi connectivity index (χ0) is 27.1. The fraction of sp³-hybridized carbons (Fsp3) is 0.214. The Labute approximate surface area is 226 Å². The third-order valence-electron chi connectivity index (χ3n) is 5.67. The van der Waals surface area contributed by atoms with Gasteiger partial charge >= 0.3 is 23.9 Å². The van der Waals surface area contributed by atoms with Crippen LogP contribution in [0.4, 0.5) is 0 Å². The van der Waals surface area contributed by atoms with Crippen LogP contribution in [-0.4, -0.2) is 60.4 Å². The van der Waals surface area contributed by atoms with Gasteiger partial charge in [0.15, 0.2) is 29.4 Å². The third kappa shape index (κ3) is 6.27. The Morgan fingerprint density at radius 1 is 0.605 bits per heavy atom. The molecule has 0 aromatic heterocycles. The second kappa shape index (κ2) is 12.5. The van der Waals surface area contributed by atoms with Gasteiger partial charge < -0.3 is 23.7 Å². The van der Waals surface area contributed by atoms with Gasteiger partial charge in [-0.3, -0.25) is 0 Å². The van der Waals surface area contributed by atoms with Crippen molar-refractivity contribution < 1.29 is 42.9 Å². The molecule has 0 aliphatic carbocycles. The fourth-order valence-corrected chi connectivity index (χ4v) is 4.43. The first-order valence-corrected chi connectivity index (χ1v) is 12.5. The van der Waals surface area contributed by atoms with Crippen molar-refractivity contribution >= 4 is 39.8 Å². The molecule has 5 atom stereocenters. The minimum atomic E-state index is -1.52. The number of hydrogen-bond donors (Lipinski definition) is 0. The van der Waals surface area contributed by atoms with Crippen molar-refractivity contribution in [1.82, 2.24) is 0 Å². The zero-order valence-corrected chi connectivity index (χ0v) is 21.7. The maximum absolute atomic E-state index is 13.1. The Morgan fingerprint density at radius 3 is 1.37 bits per heavy atom. The quantitative estimate of drug-likeness (QED) is 0.232. The molecule has 0 amide bonds. The third-order valence-corrected chi connectivity index (χ3v) is 6.41. The Morgan fingerprint density at radius 2 is 0.974 bits per heavy atom. The summed E-state index contributed by atoms with van der Waals surface area (Å²) in [5, 5.41) is -1.13. The van der Waals surface area contributed by atoms with E-state index in [0.29, 0.717) is 0 Å². The summed E-state index contributed by atoms with van der Waals surface area (Å²) in [5.74, 6) is -3.22. The Balaban J connectivity index is 1.71. The lowest BCUT2D eigenvalue weighted by molar-refractivity contribution is -0.210. The van der Waals surface area contributed by atoms with Crippen LogP contribution in [0.25, 0.3) is 0 Å². The van der Waals surface area contributed by atoms with Crippen LogP contribution in [0.2, 0.25) is 0 Å². The molecule has 38 heavy (non-hydrogen) atoms. The summed E-state index contributed by atoms with van der Waals surface area (Å²) in [6.07, 6.45) is -5.79. The van der Waals surface area contributed by atoms with Gasteiger partial charge in [-0.15, -0.1) is 0 Å². The highest BCUT2D eigenvalue weighted by Crippen LogP contribution is 2.33. The fourth-order valence-electron chi connectivity index (χ4n) is 3.79. The Bertz CT molecular complexity index is 1270. The summed E-state index contributed by atoms with van der Waals surface area (Å²) in [7, 11) is 1.14. The molecule has 1 aliphatic heterocycles. The minimum Gasteiger partial charge on any atom is -0.467 e. The van der Waals surface area contributed by atoms with Crippen LogP contribution in [0.15, 0.2) is 91.0 Å². The first-order chi connectivity index (χ1) is 18.4. The number of rotatable bonds is 7. The van der Waals surface area contributed by atoms with E-state index in [0.717, 1.165) is 7.11 Å². The average molecular weight is 583 g/mol. The number of alkyl halides is 1. The molecule has 1 heterocycles. The zero-order valence-electron chi connectivity index (χ0n) is 20.1. The maximum atomic E-state index is 13.1. The van der Waals surface area contributed by atoms with Gasteiger partial charge in [0, 0.05) is 0 Å². The normalized spacial score (nSPS) is 22.5. The van der Waals surface area contributed by atoms with Gasteiger partial charge in [0.05, 0.1) is 23.8 Å². The summed E-state index contributed by atoms with van der Waals surface area (Å²) in [6, 6.07) is 24.2. The van der Waals surface area contributed by atoms with Crippen molar-refractivity contribution in [1.29, 1.82) is 0 Å². The standard InChI is InChI=1S/C28H23BrO9/c1-34-28(33)23-21(37-26(31)18-13-7-3-8-14-18)20(36-25(30)17-11-5-2-6-12-17)22(24(29)35-23)38-27(32)19-15-9-4-10-16-19/h2-16,20-24H,1H3/t20-,21-,22+,23-,24-/m0/s1. The maximum Gasteiger partial charge on any atom is 0.339 e. The highest BCUT2D eigenvalue weighted by atomic mass is 79.9. The average Bonchev–Trinajstić information content (AvgIpc) is 2.96. The van der Waals surface area contributed by atoms with Crippen LogP contribution >= 0.6 is 15.9 Å². The molecular formula is C28H23BrO9. The first-order valence-electron chi connectivity index (χ1n) is 11.5. The van der Waals surface area contributed by atoms with Crippen molar-refractivity contribution in [2.75, 3.05) is 7.11 Å². The van der Waals surface area contributed by atoms with E-state index in [1.807, 2.05) is 0 Å². The molecule has 3 aromatic rings. The minimum absolute atomic E-state index is 0.183. The van der Waals surface area contributed by atoms with E-state index >= 15 is 0 Å². The summed E-state index contributed by atoms with van der Waals surface area (Å²) < 4.78 is 27.7. The van der Waals surface area contributed by atoms with Crippen LogP contribution in [0.3, 0.4) is 0 Å². The van der Waals surface area contributed by atoms with E-state index in [1.165, 1.54) is 24.3 Å². The van der Waals surface area contributed by atoms with E-state index in [2.05, 4.69) is 15.9 Å². The molecular weight excluding hydrogens is 560 g/mol. The molecule has 1 aliphatic rings. The molecule has 196 valence electrons. The number of halogens is 1. The molecule has 10 heteroatoms. The Hall–Kier alpha value is -4.02. The van der Waals surface area contributed by atoms with Crippen molar-refractivity contribution in [2.24, 2.45) is 0 Å². The predicted octanol–water partition coefficient (Wildman–Crippen LogP) is 3.96. The molecule has 4 rings (SSSR count). The SMILES string of the molecule is COC(=O)[C@H]1O[C@H](Br)[C@H](OC(=O)c2ccccc2)[C@@H](OC(=O)c2ccccc2)[C@@H]1OC(=O)c1ccccc1. The van der Waals surface area contributed by atoms with Gasteiger partial charge in [-0.2, -0.15) is 0 Å². The molecule has 0 N–H and O–H groups in total. The predicted molar refractivity (Wildman–Crippen MR) is 137 cm³/mol. The van der Waals surface area contributed by atoms with Gasteiger partial charge in [0.1, 0.15) is 0 Å². The Kier molecular flexibility index (Phi) is 8.88. The van der Waals surface area contributed by atoms with E-state index in [-0.39, 0.29) is 16.7 Å².